The highest BCUT2D eigenvalue weighted by Gasteiger charge is 2.20. The third-order valence-corrected chi connectivity index (χ3v) is 5.05. The Hall–Kier alpha value is -1.13. The topological polar surface area (TPSA) is 28.5 Å². The summed E-state index contributed by atoms with van der Waals surface area (Å²) in [6.45, 7) is 10.2. The van der Waals surface area contributed by atoms with Crippen LogP contribution in [0.3, 0.4) is 0 Å². The maximum Gasteiger partial charge on any atom is 0.170 e. The van der Waals surface area contributed by atoms with Gasteiger partial charge in [-0.25, -0.2) is 0 Å². The van der Waals surface area contributed by atoms with Gasteiger partial charge in [-0.05, 0) is 75.5 Å². The van der Waals surface area contributed by atoms with Crippen LogP contribution in [0.5, 0.6) is 0 Å². The fourth-order valence-electron chi connectivity index (χ4n) is 3.14. The summed E-state index contributed by atoms with van der Waals surface area (Å²) < 4.78 is 0. The molecule has 0 amide bonds. The lowest BCUT2D eigenvalue weighted by Crippen LogP contribution is -3.16. The van der Waals surface area contributed by atoms with Crippen molar-refractivity contribution in [3.8, 4) is 0 Å². The summed E-state index contributed by atoms with van der Waals surface area (Å²) in [5, 5.41) is 7.32. The van der Waals surface area contributed by atoms with E-state index < -0.39 is 0 Å². The van der Waals surface area contributed by atoms with Crippen molar-refractivity contribution in [2.45, 2.75) is 52.5 Å². The van der Waals surface area contributed by atoms with Crippen LogP contribution in [0.1, 0.15) is 43.7 Å². The van der Waals surface area contributed by atoms with E-state index in [4.69, 9.17) is 12.2 Å². The lowest BCUT2D eigenvalue weighted by atomic mass is 10.0. The Morgan fingerprint density at radius 1 is 1.27 bits per heavy atom. The van der Waals surface area contributed by atoms with E-state index in [0.29, 0.717) is 0 Å². The molecule has 1 aromatic carbocycles. The van der Waals surface area contributed by atoms with Gasteiger partial charge in [0.15, 0.2) is 5.11 Å². The molecule has 0 saturated carbocycles. The van der Waals surface area contributed by atoms with E-state index in [9.17, 15) is 0 Å². The van der Waals surface area contributed by atoms with Crippen molar-refractivity contribution >= 4 is 23.0 Å². The molecule has 122 valence electrons. The molecule has 0 aliphatic carbocycles. The van der Waals surface area contributed by atoms with E-state index in [0.717, 1.165) is 23.4 Å². The molecule has 3 nitrogen and oxygen atoms in total. The van der Waals surface area contributed by atoms with Crippen LogP contribution in [0, 0.1) is 13.8 Å². The standard InChI is InChI=1S/C18H29N3S/c1-14-8-9-17(13-15(14)2)20-18(22)19-10-6-12-21-11-5-4-7-16(21)3/h8-9,13,16H,4-7,10-12H2,1-3H3,(H2,19,20,22)/p+1/t16-/m1/s1. The second kappa shape index (κ2) is 8.49. The Morgan fingerprint density at radius 3 is 2.82 bits per heavy atom. The van der Waals surface area contributed by atoms with Crippen molar-refractivity contribution in [1.82, 2.24) is 5.32 Å². The second-order valence-electron chi connectivity index (χ2n) is 6.59. The maximum atomic E-state index is 5.38. The number of anilines is 1. The van der Waals surface area contributed by atoms with Crippen molar-refractivity contribution in [2.24, 2.45) is 0 Å². The molecule has 1 aromatic rings. The highest BCUT2D eigenvalue weighted by atomic mass is 32.1. The van der Waals surface area contributed by atoms with Gasteiger partial charge < -0.3 is 15.5 Å². The summed E-state index contributed by atoms with van der Waals surface area (Å²) in [6, 6.07) is 7.18. The zero-order valence-corrected chi connectivity index (χ0v) is 15.0. The number of quaternary nitrogens is 1. The van der Waals surface area contributed by atoms with Crippen LogP contribution < -0.4 is 15.5 Å². The number of rotatable bonds is 5. The normalized spacial score (nSPS) is 21.4. The summed E-state index contributed by atoms with van der Waals surface area (Å²) >= 11 is 5.38. The fraction of sp³-hybridized carbons (Fsp3) is 0.611. The van der Waals surface area contributed by atoms with Crippen LogP contribution in [-0.4, -0.2) is 30.8 Å². The Bertz CT molecular complexity index is 501. The van der Waals surface area contributed by atoms with Gasteiger partial charge in [-0.3, -0.25) is 0 Å². The summed E-state index contributed by atoms with van der Waals surface area (Å²) in [7, 11) is 0. The molecular weight excluding hydrogens is 290 g/mol. The average molecular weight is 321 g/mol. The van der Waals surface area contributed by atoms with Crippen LogP contribution in [-0.2, 0) is 0 Å². The lowest BCUT2D eigenvalue weighted by molar-refractivity contribution is -0.928. The van der Waals surface area contributed by atoms with E-state index in [2.05, 4.69) is 49.6 Å². The Balaban J connectivity index is 1.66. The summed E-state index contributed by atoms with van der Waals surface area (Å²) in [5.74, 6) is 0. The van der Waals surface area contributed by atoms with Crippen LogP contribution in [0.4, 0.5) is 5.69 Å². The van der Waals surface area contributed by atoms with E-state index in [1.54, 1.807) is 4.90 Å². The van der Waals surface area contributed by atoms with Crippen molar-refractivity contribution in [1.29, 1.82) is 0 Å². The third kappa shape index (κ3) is 5.25. The molecule has 1 fully saturated rings. The molecule has 1 heterocycles. The van der Waals surface area contributed by atoms with Crippen molar-refractivity contribution in [3.05, 3.63) is 29.3 Å². The van der Waals surface area contributed by atoms with Crippen LogP contribution in [0.25, 0.3) is 0 Å². The first-order valence-corrected chi connectivity index (χ1v) is 8.94. The molecule has 4 heteroatoms. The number of likely N-dealkylation sites (tertiary alicyclic amines) is 1. The van der Waals surface area contributed by atoms with Gasteiger partial charge in [0, 0.05) is 18.7 Å². The number of piperidine rings is 1. The number of aryl methyl sites for hydroxylation is 2. The van der Waals surface area contributed by atoms with Gasteiger partial charge in [-0.15, -0.1) is 0 Å². The Morgan fingerprint density at radius 2 is 2.09 bits per heavy atom. The minimum absolute atomic E-state index is 0.727. The number of nitrogens with one attached hydrogen (secondary N) is 3. The predicted molar refractivity (Wildman–Crippen MR) is 98.8 cm³/mol. The first-order valence-electron chi connectivity index (χ1n) is 8.53. The van der Waals surface area contributed by atoms with Crippen molar-refractivity contribution < 1.29 is 4.90 Å². The molecule has 3 N–H and O–H groups in total. The molecule has 0 bridgehead atoms. The Kier molecular flexibility index (Phi) is 6.65. The number of thiocarbonyl (C=S) groups is 1. The Labute approximate surface area is 140 Å². The van der Waals surface area contributed by atoms with Gasteiger partial charge in [0.1, 0.15) is 0 Å². The largest absolute Gasteiger partial charge is 0.362 e. The minimum Gasteiger partial charge on any atom is -0.362 e. The highest BCUT2D eigenvalue weighted by molar-refractivity contribution is 7.80. The molecule has 0 radical (unpaired) electrons. The van der Waals surface area contributed by atoms with Crippen LogP contribution in [0.2, 0.25) is 0 Å². The van der Waals surface area contributed by atoms with Gasteiger partial charge in [-0.1, -0.05) is 6.07 Å². The SMILES string of the molecule is Cc1ccc(NC(=S)NCCC[NH+]2CCCC[C@H]2C)cc1C. The summed E-state index contributed by atoms with van der Waals surface area (Å²) in [6.07, 6.45) is 5.36. The van der Waals surface area contributed by atoms with E-state index in [1.165, 1.54) is 49.9 Å². The smallest absolute Gasteiger partial charge is 0.170 e. The predicted octanol–water partition coefficient (Wildman–Crippen LogP) is 2.44. The third-order valence-electron chi connectivity index (χ3n) is 4.81. The molecule has 1 aliphatic heterocycles. The van der Waals surface area contributed by atoms with Gasteiger partial charge in [0.05, 0.1) is 19.1 Å². The monoisotopic (exact) mass is 320 g/mol. The lowest BCUT2D eigenvalue weighted by Gasteiger charge is -2.30. The molecule has 2 rings (SSSR count). The van der Waals surface area contributed by atoms with E-state index >= 15 is 0 Å². The van der Waals surface area contributed by atoms with Gasteiger partial charge in [0.25, 0.3) is 0 Å². The molecule has 1 saturated heterocycles. The number of hydrogen-bond acceptors (Lipinski definition) is 1. The van der Waals surface area contributed by atoms with Crippen LogP contribution in [0.15, 0.2) is 18.2 Å². The zero-order chi connectivity index (χ0) is 15.9. The molecule has 0 aromatic heterocycles. The first-order chi connectivity index (χ1) is 10.6. The van der Waals surface area contributed by atoms with Crippen molar-refractivity contribution in [3.63, 3.8) is 0 Å². The molecule has 1 unspecified atom stereocenters. The second-order valence-corrected chi connectivity index (χ2v) is 7.00. The van der Waals surface area contributed by atoms with E-state index in [1.807, 2.05) is 0 Å². The fourth-order valence-corrected chi connectivity index (χ4v) is 3.36. The molecule has 0 spiro atoms. The number of hydrogen-bond donors (Lipinski definition) is 3. The molecule has 1 aliphatic rings. The van der Waals surface area contributed by atoms with Gasteiger partial charge in [0.2, 0.25) is 0 Å². The minimum atomic E-state index is 0.727. The quantitative estimate of drug-likeness (QED) is 0.575. The van der Waals surface area contributed by atoms with Crippen LogP contribution >= 0.6 is 12.2 Å². The highest BCUT2D eigenvalue weighted by Crippen LogP contribution is 2.13. The van der Waals surface area contributed by atoms with Gasteiger partial charge in [-0.2, -0.15) is 0 Å². The van der Waals surface area contributed by atoms with Gasteiger partial charge >= 0.3 is 0 Å². The van der Waals surface area contributed by atoms with E-state index in [-0.39, 0.29) is 0 Å². The first kappa shape index (κ1) is 17.2. The maximum absolute atomic E-state index is 5.38. The average Bonchev–Trinajstić information content (AvgIpc) is 2.49. The molecular formula is C18H30N3S+. The van der Waals surface area contributed by atoms with Crippen molar-refractivity contribution in [2.75, 3.05) is 25.0 Å². The zero-order valence-electron chi connectivity index (χ0n) is 14.2. The summed E-state index contributed by atoms with van der Waals surface area (Å²) in [4.78, 5) is 1.76. The molecule has 22 heavy (non-hydrogen) atoms. The number of benzene rings is 1. The summed E-state index contributed by atoms with van der Waals surface area (Å²) in [5.41, 5.74) is 3.66. The molecule has 2 atom stereocenters.